The van der Waals surface area contributed by atoms with Crippen molar-refractivity contribution in [3.05, 3.63) is 65.5 Å². The molecular weight excluding hydrogens is 260 g/mol. The Balaban J connectivity index is 2.14. The fourth-order valence-electron chi connectivity index (χ4n) is 2.09. The predicted molar refractivity (Wildman–Crippen MR) is 85.3 cm³/mol. The first-order valence-corrected chi connectivity index (χ1v) is 7.20. The molecule has 1 aromatic heterocycles. The molecule has 0 saturated heterocycles. The van der Waals surface area contributed by atoms with Crippen molar-refractivity contribution in [3.63, 3.8) is 0 Å². The van der Waals surface area contributed by atoms with Crippen molar-refractivity contribution in [1.82, 2.24) is 10.3 Å². The Morgan fingerprint density at radius 2 is 1.81 bits per heavy atom. The first-order valence-electron chi connectivity index (χ1n) is 7.20. The van der Waals surface area contributed by atoms with Crippen LogP contribution in [0.5, 0.6) is 0 Å². The molecule has 0 aliphatic rings. The molecule has 0 aliphatic carbocycles. The lowest BCUT2D eigenvalue weighted by Gasteiger charge is -2.19. The standard InChI is InChI=1S/C18H22N2O/c1-13(14-8-6-5-7-9-14)20-17(21)15-10-11-19-16(12-15)18(2,3)4/h5-13H,1-4H3,(H,20,21)/t13-/m0/s1. The van der Waals surface area contributed by atoms with Crippen LogP contribution in [-0.4, -0.2) is 10.9 Å². The van der Waals surface area contributed by atoms with E-state index in [0.717, 1.165) is 11.3 Å². The van der Waals surface area contributed by atoms with Gasteiger partial charge in [-0.05, 0) is 24.6 Å². The predicted octanol–water partition coefficient (Wildman–Crippen LogP) is 3.87. The summed E-state index contributed by atoms with van der Waals surface area (Å²) in [4.78, 5) is 16.7. The molecule has 2 rings (SSSR count). The van der Waals surface area contributed by atoms with E-state index in [4.69, 9.17) is 0 Å². The second-order valence-corrected chi connectivity index (χ2v) is 6.29. The number of carbonyl (C=O) groups excluding carboxylic acids is 1. The van der Waals surface area contributed by atoms with Crippen LogP contribution in [-0.2, 0) is 5.41 Å². The van der Waals surface area contributed by atoms with Gasteiger partial charge in [-0.15, -0.1) is 0 Å². The number of amides is 1. The first kappa shape index (κ1) is 15.2. The van der Waals surface area contributed by atoms with Crippen LogP contribution in [0.1, 0.15) is 55.4 Å². The average molecular weight is 282 g/mol. The third kappa shape index (κ3) is 3.91. The second-order valence-electron chi connectivity index (χ2n) is 6.29. The number of carbonyl (C=O) groups is 1. The Labute approximate surface area is 126 Å². The molecule has 0 fully saturated rings. The van der Waals surface area contributed by atoms with E-state index in [2.05, 4.69) is 31.1 Å². The third-order valence-electron chi connectivity index (χ3n) is 3.44. The molecule has 1 N–H and O–H groups in total. The second kappa shape index (κ2) is 6.08. The van der Waals surface area contributed by atoms with Crippen LogP contribution in [0.4, 0.5) is 0 Å². The van der Waals surface area contributed by atoms with Gasteiger partial charge in [-0.1, -0.05) is 51.1 Å². The van der Waals surface area contributed by atoms with Crippen LogP contribution in [0.2, 0.25) is 0 Å². The first-order chi connectivity index (χ1) is 9.88. The summed E-state index contributed by atoms with van der Waals surface area (Å²) < 4.78 is 0. The minimum absolute atomic E-state index is 0.0232. The quantitative estimate of drug-likeness (QED) is 0.928. The molecule has 21 heavy (non-hydrogen) atoms. The maximum atomic E-state index is 12.4. The molecule has 2 aromatic rings. The van der Waals surface area contributed by atoms with E-state index >= 15 is 0 Å². The summed E-state index contributed by atoms with van der Waals surface area (Å²) in [6.07, 6.45) is 1.70. The molecule has 0 spiro atoms. The maximum absolute atomic E-state index is 12.4. The molecule has 0 bridgehead atoms. The smallest absolute Gasteiger partial charge is 0.251 e. The van der Waals surface area contributed by atoms with E-state index in [0.29, 0.717) is 5.56 Å². The highest BCUT2D eigenvalue weighted by molar-refractivity contribution is 5.94. The molecule has 0 aliphatic heterocycles. The highest BCUT2D eigenvalue weighted by Crippen LogP contribution is 2.21. The zero-order valence-electron chi connectivity index (χ0n) is 13.1. The molecular formula is C18H22N2O. The Morgan fingerprint density at radius 1 is 1.14 bits per heavy atom. The highest BCUT2D eigenvalue weighted by atomic mass is 16.1. The van der Waals surface area contributed by atoms with Crippen molar-refractivity contribution < 1.29 is 4.79 Å². The van der Waals surface area contributed by atoms with Crippen molar-refractivity contribution in [3.8, 4) is 0 Å². The van der Waals surface area contributed by atoms with Crippen molar-refractivity contribution >= 4 is 5.91 Å². The molecule has 0 radical (unpaired) electrons. The lowest BCUT2D eigenvalue weighted by molar-refractivity contribution is 0.0939. The number of hydrogen-bond donors (Lipinski definition) is 1. The van der Waals surface area contributed by atoms with Gasteiger partial charge in [-0.25, -0.2) is 0 Å². The van der Waals surface area contributed by atoms with E-state index in [1.165, 1.54) is 0 Å². The summed E-state index contributed by atoms with van der Waals surface area (Å²) >= 11 is 0. The topological polar surface area (TPSA) is 42.0 Å². The molecule has 1 atom stereocenters. The van der Waals surface area contributed by atoms with Crippen molar-refractivity contribution in [2.45, 2.75) is 39.2 Å². The largest absolute Gasteiger partial charge is 0.346 e. The third-order valence-corrected chi connectivity index (χ3v) is 3.44. The Kier molecular flexibility index (Phi) is 4.41. The zero-order chi connectivity index (χ0) is 15.5. The number of benzene rings is 1. The van der Waals surface area contributed by atoms with Crippen LogP contribution in [0.15, 0.2) is 48.7 Å². The van der Waals surface area contributed by atoms with Crippen LogP contribution in [0.3, 0.4) is 0 Å². The number of rotatable bonds is 3. The fourth-order valence-corrected chi connectivity index (χ4v) is 2.09. The minimum Gasteiger partial charge on any atom is -0.346 e. The van der Waals surface area contributed by atoms with Crippen LogP contribution in [0, 0.1) is 0 Å². The number of aromatic nitrogens is 1. The molecule has 110 valence electrons. The molecule has 1 amide bonds. The van der Waals surface area contributed by atoms with Crippen molar-refractivity contribution in [1.29, 1.82) is 0 Å². The average Bonchev–Trinajstić information content (AvgIpc) is 2.47. The summed E-state index contributed by atoms with van der Waals surface area (Å²) in [5, 5.41) is 3.02. The maximum Gasteiger partial charge on any atom is 0.251 e. The summed E-state index contributed by atoms with van der Waals surface area (Å²) in [5.74, 6) is -0.0701. The number of nitrogens with one attached hydrogen (secondary N) is 1. The van der Waals surface area contributed by atoms with Gasteiger partial charge >= 0.3 is 0 Å². The van der Waals surface area contributed by atoms with Crippen LogP contribution >= 0.6 is 0 Å². The molecule has 0 saturated carbocycles. The minimum atomic E-state index is -0.0701. The Hall–Kier alpha value is -2.16. The lowest BCUT2D eigenvalue weighted by atomic mass is 9.91. The fraction of sp³-hybridized carbons (Fsp3) is 0.333. The van der Waals surface area contributed by atoms with E-state index in [1.807, 2.05) is 43.3 Å². The highest BCUT2D eigenvalue weighted by Gasteiger charge is 2.18. The summed E-state index contributed by atoms with van der Waals surface area (Å²) in [6, 6.07) is 13.5. The summed E-state index contributed by atoms with van der Waals surface area (Å²) in [5.41, 5.74) is 2.60. The van der Waals surface area contributed by atoms with Gasteiger partial charge in [0.2, 0.25) is 0 Å². The van der Waals surface area contributed by atoms with Gasteiger partial charge < -0.3 is 5.32 Å². The van der Waals surface area contributed by atoms with E-state index in [9.17, 15) is 4.79 Å². The van der Waals surface area contributed by atoms with Crippen LogP contribution in [0.25, 0.3) is 0 Å². The number of hydrogen-bond acceptors (Lipinski definition) is 2. The SMILES string of the molecule is C[C@H](NC(=O)c1ccnc(C(C)(C)C)c1)c1ccccc1. The van der Waals surface area contributed by atoms with Gasteiger partial charge in [0.1, 0.15) is 0 Å². The summed E-state index contributed by atoms with van der Waals surface area (Å²) in [7, 11) is 0. The van der Waals surface area contributed by atoms with Gasteiger partial charge in [0.25, 0.3) is 5.91 Å². The van der Waals surface area contributed by atoms with Crippen molar-refractivity contribution in [2.24, 2.45) is 0 Å². The van der Waals surface area contributed by atoms with Gasteiger partial charge in [-0.2, -0.15) is 0 Å². The van der Waals surface area contributed by atoms with Gasteiger partial charge in [0.15, 0.2) is 0 Å². The molecule has 3 heteroatoms. The number of nitrogens with zero attached hydrogens (tertiary/aromatic N) is 1. The van der Waals surface area contributed by atoms with Crippen molar-refractivity contribution in [2.75, 3.05) is 0 Å². The lowest BCUT2D eigenvalue weighted by Crippen LogP contribution is -2.27. The van der Waals surface area contributed by atoms with Gasteiger partial charge in [0, 0.05) is 22.9 Å². The Morgan fingerprint density at radius 3 is 2.43 bits per heavy atom. The normalized spacial score (nSPS) is 12.8. The molecule has 0 unspecified atom stereocenters. The van der Waals surface area contributed by atoms with Gasteiger partial charge in [0.05, 0.1) is 6.04 Å². The molecule has 1 heterocycles. The molecule has 3 nitrogen and oxygen atoms in total. The monoisotopic (exact) mass is 282 g/mol. The van der Waals surface area contributed by atoms with E-state index in [-0.39, 0.29) is 17.4 Å². The zero-order valence-corrected chi connectivity index (χ0v) is 13.1. The molecule has 1 aromatic carbocycles. The van der Waals surface area contributed by atoms with Crippen LogP contribution < -0.4 is 5.32 Å². The number of pyridine rings is 1. The Bertz CT molecular complexity index is 615. The van der Waals surface area contributed by atoms with E-state index < -0.39 is 0 Å². The summed E-state index contributed by atoms with van der Waals surface area (Å²) in [6.45, 7) is 8.25. The van der Waals surface area contributed by atoms with Gasteiger partial charge in [-0.3, -0.25) is 9.78 Å². The van der Waals surface area contributed by atoms with E-state index in [1.54, 1.807) is 12.3 Å².